The number of anilines is 1. The van der Waals surface area contributed by atoms with Crippen molar-refractivity contribution in [2.75, 3.05) is 12.4 Å². The molecule has 1 atom stereocenters. The van der Waals surface area contributed by atoms with Crippen molar-refractivity contribution in [2.24, 2.45) is 0 Å². The summed E-state index contributed by atoms with van der Waals surface area (Å²) >= 11 is 6.09. The number of nitrogens with one attached hydrogen (secondary N) is 1. The summed E-state index contributed by atoms with van der Waals surface area (Å²) in [7, 11) is 1.54. The minimum absolute atomic E-state index is 0.0608. The quantitative estimate of drug-likeness (QED) is 0.566. The lowest BCUT2D eigenvalue weighted by molar-refractivity contribution is -0.117. The van der Waals surface area contributed by atoms with Gasteiger partial charge >= 0.3 is 0 Å². The van der Waals surface area contributed by atoms with Crippen LogP contribution in [-0.4, -0.2) is 23.8 Å². The molecule has 1 heterocycles. The van der Waals surface area contributed by atoms with Crippen LogP contribution in [0.25, 0.3) is 0 Å². The summed E-state index contributed by atoms with van der Waals surface area (Å²) in [5.41, 5.74) is 4.20. The molecule has 2 amide bonds. The standard InChI is InChI=1S/C25H23ClN2O3/c1-16-7-9-17(10-8-16)22(28-15-18-5-3-4-6-20(18)25(28)30)14-24(29)27-21-13-19(26)11-12-23(21)31-2/h3-13,22H,14-15H2,1-2H3,(H,27,29)/t22-/m1/s1. The van der Waals surface area contributed by atoms with Gasteiger partial charge in [0, 0.05) is 17.1 Å². The van der Waals surface area contributed by atoms with E-state index in [9.17, 15) is 9.59 Å². The van der Waals surface area contributed by atoms with Gasteiger partial charge in [0.25, 0.3) is 5.91 Å². The Labute approximate surface area is 186 Å². The third kappa shape index (κ3) is 4.42. The summed E-state index contributed by atoms with van der Waals surface area (Å²) in [4.78, 5) is 27.9. The molecule has 0 aromatic heterocycles. The van der Waals surface area contributed by atoms with Crippen LogP contribution in [0.2, 0.25) is 5.02 Å². The van der Waals surface area contributed by atoms with Crippen LogP contribution < -0.4 is 10.1 Å². The minimum atomic E-state index is -0.398. The number of carbonyl (C=O) groups excluding carboxylic acids is 2. The molecular weight excluding hydrogens is 412 g/mol. The highest BCUT2D eigenvalue weighted by molar-refractivity contribution is 6.31. The lowest BCUT2D eigenvalue weighted by Crippen LogP contribution is -2.32. The normalized spacial score (nSPS) is 13.6. The van der Waals surface area contributed by atoms with Gasteiger partial charge in [-0.25, -0.2) is 0 Å². The van der Waals surface area contributed by atoms with Gasteiger partial charge in [-0.2, -0.15) is 0 Å². The maximum atomic E-state index is 13.1. The van der Waals surface area contributed by atoms with E-state index < -0.39 is 6.04 Å². The summed E-state index contributed by atoms with van der Waals surface area (Å²) in [5.74, 6) is 0.235. The van der Waals surface area contributed by atoms with E-state index >= 15 is 0 Å². The highest BCUT2D eigenvalue weighted by Crippen LogP contribution is 2.34. The van der Waals surface area contributed by atoms with Crippen molar-refractivity contribution < 1.29 is 14.3 Å². The first kappa shape index (κ1) is 20.9. The molecule has 4 rings (SSSR count). The summed E-state index contributed by atoms with van der Waals surface area (Å²) in [6.07, 6.45) is 0.110. The van der Waals surface area contributed by atoms with Crippen molar-refractivity contribution in [3.8, 4) is 5.75 Å². The fraction of sp³-hybridized carbons (Fsp3) is 0.200. The number of aryl methyl sites for hydroxylation is 1. The van der Waals surface area contributed by atoms with E-state index in [4.69, 9.17) is 16.3 Å². The summed E-state index contributed by atoms with van der Waals surface area (Å²) in [5, 5.41) is 3.38. The third-order valence-corrected chi connectivity index (χ3v) is 5.74. The first-order valence-electron chi connectivity index (χ1n) is 10.0. The van der Waals surface area contributed by atoms with Gasteiger partial charge in [0.05, 0.1) is 25.3 Å². The molecule has 0 bridgehead atoms. The van der Waals surface area contributed by atoms with Crippen molar-refractivity contribution in [3.05, 3.63) is 94.0 Å². The molecule has 0 fully saturated rings. The molecule has 6 heteroatoms. The molecule has 5 nitrogen and oxygen atoms in total. The largest absolute Gasteiger partial charge is 0.495 e. The zero-order valence-corrected chi connectivity index (χ0v) is 18.1. The zero-order valence-electron chi connectivity index (χ0n) is 17.4. The van der Waals surface area contributed by atoms with E-state index in [-0.39, 0.29) is 18.2 Å². The van der Waals surface area contributed by atoms with Crippen LogP contribution in [0.1, 0.15) is 39.5 Å². The number of rotatable bonds is 6. The Hall–Kier alpha value is -3.31. The summed E-state index contributed by atoms with van der Waals surface area (Å²) in [6, 6.07) is 20.2. The molecule has 1 aliphatic rings. The molecule has 158 valence electrons. The van der Waals surface area contributed by atoms with Gasteiger partial charge in [0.1, 0.15) is 5.75 Å². The van der Waals surface area contributed by atoms with E-state index in [1.54, 1.807) is 23.1 Å². The van der Waals surface area contributed by atoms with E-state index in [1.807, 2.05) is 55.5 Å². The number of fused-ring (bicyclic) bond motifs is 1. The Bertz CT molecular complexity index is 1130. The van der Waals surface area contributed by atoms with Crippen LogP contribution in [0.3, 0.4) is 0 Å². The van der Waals surface area contributed by atoms with E-state index in [0.29, 0.717) is 28.6 Å². The lowest BCUT2D eigenvalue weighted by atomic mass is 10.00. The summed E-state index contributed by atoms with van der Waals surface area (Å²) < 4.78 is 5.33. The number of hydrogen-bond acceptors (Lipinski definition) is 3. The van der Waals surface area contributed by atoms with Crippen molar-refractivity contribution >= 4 is 29.1 Å². The molecule has 1 N–H and O–H groups in total. The second kappa shape index (κ2) is 8.82. The van der Waals surface area contributed by atoms with Gasteiger partial charge in [-0.1, -0.05) is 59.6 Å². The first-order chi connectivity index (χ1) is 15.0. The molecular formula is C25H23ClN2O3. The number of nitrogens with zero attached hydrogens (tertiary/aromatic N) is 1. The Morgan fingerprint density at radius 1 is 1.13 bits per heavy atom. The number of halogens is 1. The maximum Gasteiger partial charge on any atom is 0.255 e. The molecule has 1 aliphatic heterocycles. The smallest absolute Gasteiger partial charge is 0.255 e. The monoisotopic (exact) mass is 434 g/mol. The Morgan fingerprint density at radius 2 is 1.87 bits per heavy atom. The number of benzene rings is 3. The molecule has 0 spiro atoms. The highest BCUT2D eigenvalue weighted by atomic mass is 35.5. The Morgan fingerprint density at radius 3 is 2.58 bits per heavy atom. The van der Waals surface area contributed by atoms with Gasteiger partial charge in [-0.05, 0) is 42.3 Å². The average Bonchev–Trinajstić information content (AvgIpc) is 3.09. The van der Waals surface area contributed by atoms with Gasteiger partial charge in [0.2, 0.25) is 5.91 Å². The maximum absolute atomic E-state index is 13.1. The molecule has 0 unspecified atom stereocenters. The van der Waals surface area contributed by atoms with Crippen molar-refractivity contribution in [3.63, 3.8) is 0 Å². The minimum Gasteiger partial charge on any atom is -0.495 e. The Balaban J connectivity index is 1.62. The molecule has 31 heavy (non-hydrogen) atoms. The number of ether oxygens (including phenoxy) is 1. The van der Waals surface area contributed by atoms with Crippen LogP contribution in [0.4, 0.5) is 5.69 Å². The van der Waals surface area contributed by atoms with E-state index in [2.05, 4.69) is 5.32 Å². The van der Waals surface area contributed by atoms with E-state index in [0.717, 1.165) is 16.7 Å². The zero-order chi connectivity index (χ0) is 22.0. The van der Waals surface area contributed by atoms with E-state index in [1.165, 1.54) is 7.11 Å². The molecule has 0 saturated heterocycles. The van der Waals surface area contributed by atoms with Crippen LogP contribution in [0.15, 0.2) is 66.7 Å². The van der Waals surface area contributed by atoms with Gasteiger partial charge in [-0.3, -0.25) is 9.59 Å². The van der Waals surface area contributed by atoms with Crippen LogP contribution in [0.5, 0.6) is 5.75 Å². The average molecular weight is 435 g/mol. The van der Waals surface area contributed by atoms with Crippen molar-refractivity contribution in [1.29, 1.82) is 0 Å². The van der Waals surface area contributed by atoms with Crippen molar-refractivity contribution in [2.45, 2.75) is 25.9 Å². The second-order valence-electron chi connectivity index (χ2n) is 7.61. The molecule has 0 aliphatic carbocycles. The fourth-order valence-electron chi connectivity index (χ4n) is 3.88. The lowest BCUT2D eigenvalue weighted by Gasteiger charge is -2.28. The number of hydrogen-bond donors (Lipinski definition) is 1. The molecule has 0 saturated carbocycles. The van der Waals surface area contributed by atoms with Crippen molar-refractivity contribution in [1.82, 2.24) is 4.90 Å². The fourth-order valence-corrected chi connectivity index (χ4v) is 4.05. The third-order valence-electron chi connectivity index (χ3n) is 5.50. The van der Waals surface area contributed by atoms with Gasteiger partial charge in [0.15, 0.2) is 0 Å². The topological polar surface area (TPSA) is 58.6 Å². The summed E-state index contributed by atoms with van der Waals surface area (Å²) in [6.45, 7) is 2.48. The SMILES string of the molecule is COc1ccc(Cl)cc1NC(=O)C[C@H](c1ccc(C)cc1)N1Cc2ccccc2C1=O. The predicted molar refractivity (Wildman–Crippen MR) is 121 cm³/mol. The number of methoxy groups -OCH3 is 1. The number of amides is 2. The van der Waals surface area contributed by atoms with Gasteiger partial charge < -0.3 is 15.0 Å². The van der Waals surface area contributed by atoms with Crippen LogP contribution in [0, 0.1) is 6.92 Å². The number of carbonyl (C=O) groups is 2. The molecule has 3 aromatic rings. The second-order valence-corrected chi connectivity index (χ2v) is 8.05. The molecule has 0 radical (unpaired) electrons. The highest BCUT2D eigenvalue weighted by Gasteiger charge is 2.34. The predicted octanol–water partition coefficient (Wildman–Crippen LogP) is 5.38. The first-order valence-corrected chi connectivity index (χ1v) is 10.4. The van der Waals surface area contributed by atoms with Gasteiger partial charge in [-0.15, -0.1) is 0 Å². The molecule has 3 aromatic carbocycles. The Kier molecular flexibility index (Phi) is 5.96. The van der Waals surface area contributed by atoms with Crippen LogP contribution in [-0.2, 0) is 11.3 Å². The van der Waals surface area contributed by atoms with Crippen LogP contribution >= 0.6 is 11.6 Å².